The molecule has 188 valence electrons. The fourth-order valence-corrected chi connectivity index (χ4v) is 3.23. The zero-order chi connectivity index (χ0) is 22.3. The Morgan fingerprint density at radius 2 is 1.03 bits per heavy atom. The molecule has 0 aromatic carbocycles. The number of carbonyl (C=O) groups is 1. The summed E-state index contributed by atoms with van der Waals surface area (Å²) in [5.74, 6) is -0.0964. The summed E-state index contributed by atoms with van der Waals surface area (Å²) in [6, 6.07) is 0. The maximum absolute atomic E-state index is 11.7. The van der Waals surface area contributed by atoms with E-state index in [1.165, 1.54) is 70.6 Å². The fraction of sp³-hybridized carbons (Fsp3) is 0.960. The number of ether oxygens (including phenoxy) is 3. The summed E-state index contributed by atoms with van der Waals surface area (Å²) in [6.45, 7) is 5.92. The maximum atomic E-state index is 11.7. The third-order valence-corrected chi connectivity index (χ3v) is 5.25. The number of nitrogens with zero attached hydrogens (tertiary/aromatic N) is 1. The van der Waals surface area contributed by atoms with Crippen LogP contribution >= 0.6 is 0 Å². The highest BCUT2D eigenvalue weighted by Gasteiger charge is 2.05. The van der Waals surface area contributed by atoms with Gasteiger partial charge in [-0.3, -0.25) is 4.79 Å². The Morgan fingerprint density at radius 3 is 1.52 bits per heavy atom. The van der Waals surface area contributed by atoms with Gasteiger partial charge in [-0.15, -0.1) is 0 Å². The predicted molar refractivity (Wildman–Crippen MR) is 126 cm³/mol. The molecule has 0 N–H and O–H groups in total. The van der Waals surface area contributed by atoms with Crippen LogP contribution in [0.4, 0.5) is 0 Å². The van der Waals surface area contributed by atoms with Gasteiger partial charge in [0.25, 0.3) is 0 Å². The predicted octanol–water partition coefficient (Wildman–Crippen LogP) is 2.75. The molecule has 0 saturated heterocycles. The highest BCUT2D eigenvalue weighted by Crippen LogP contribution is 2.13. The molecule has 0 spiro atoms. The highest BCUT2D eigenvalue weighted by atomic mass is 35.5. The molecule has 0 saturated carbocycles. The lowest BCUT2D eigenvalue weighted by molar-refractivity contribution is -0.870. The van der Waals surface area contributed by atoms with Gasteiger partial charge in [0, 0.05) is 6.42 Å². The molecule has 0 atom stereocenters. The molecule has 0 radical (unpaired) electrons. The molecule has 0 unspecified atom stereocenters. The first-order valence-electron chi connectivity index (χ1n) is 12.6. The number of likely N-dealkylation sites (N-methyl/N-ethyl adjacent to an activating group) is 1. The van der Waals surface area contributed by atoms with Gasteiger partial charge in [-0.2, -0.15) is 0 Å². The van der Waals surface area contributed by atoms with Gasteiger partial charge in [-0.05, 0) is 6.42 Å². The first kappa shape index (κ1) is 32.8. The van der Waals surface area contributed by atoms with E-state index in [0.29, 0.717) is 32.8 Å². The number of quaternary nitrogens is 1. The second kappa shape index (κ2) is 24.3. The van der Waals surface area contributed by atoms with E-state index < -0.39 is 0 Å². The average molecular weight is 466 g/mol. The third kappa shape index (κ3) is 29.6. The van der Waals surface area contributed by atoms with Crippen molar-refractivity contribution in [3.8, 4) is 0 Å². The molecular formula is C25H52ClNO4. The van der Waals surface area contributed by atoms with Gasteiger partial charge >= 0.3 is 5.97 Å². The SMILES string of the molecule is CCCCCCCCCCCCCCCC(=O)OCCOCCOCC[N+](C)(C)C.[Cl-]. The number of hydrogen-bond acceptors (Lipinski definition) is 4. The highest BCUT2D eigenvalue weighted by molar-refractivity contribution is 5.69. The van der Waals surface area contributed by atoms with Crippen molar-refractivity contribution < 1.29 is 35.9 Å². The van der Waals surface area contributed by atoms with Crippen LogP contribution in [0, 0.1) is 0 Å². The molecular weight excluding hydrogens is 414 g/mol. The summed E-state index contributed by atoms with van der Waals surface area (Å²) in [5, 5.41) is 0. The van der Waals surface area contributed by atoms with Crippen LogP contribution < -0.4 is 12.4 Å². The lowest BCUT2D eigenvalue weighted by Gasteiger charge is -2.23. The Labute approximate surface area is 199 Å². The number of carbonyl (C=O) groups excluding carboxylic acids is 1. The molecule has 0 rings (SSSR count). The summed E-state index contributed by atoms with van der Waals surface area (Å²) in [5.41, 5.74) is 0. The summed E-state index contributed by atoms with van der Waals surface area (Å²) >= 11 is 0. The Kier molecular flexibility index (Phi) is 25.7. The molecule has 0 aliphatic carbocycles. The van der Waals surface area contributed by atoms with E-state index in [0.717, 1.165) is 30.5 Å². The van der Waals surface area contributed by atoms with E-state index in [1.807, 2.05) is 0 Å². The number of esters is 1. The van der Waals surface area contributed by atoms with Crippen molar-refractivity contribution in [1.82, 2.24) is 0 Å². The Hall–Kier alpha value is -0.360. The van der Waals surface area contributed by atoms with Crippen molar-refractivity contribution in [1.29, 1.82) is 0 Å². The van der Waals surface area contributed by atoms with E-state index in [1.54, 1.807) is 0 Å². The van der Waals surface area contributed by atoms with Gasteiger partial charge in [0.2, 0.25) is 0 Å². The monoisotopic (exact) mass is 465 g/mol. The Bertz CT molecular complexity index is 375. The van der Waals surface area contributed by atoms with E-state index in [2.05, 4.69) is 28.1 Å². The topological polar surface area (TPSA) is 44.8 Å². The van der Waals surface area contributed by atoms with Gasteiger partial charge in [0.1, 0.15) is 13.2 Å². The zero-order valence-electron chi connectivity index (χ0n) is 21.1. The van der Waals surface area contributed by atoms with Crippen LogP contribution in [0.2, 0.25) is 0 Å². The van der Waals surface area contributed by atoms with Crippen molar-refractivity contribution >= 4 is 5.97 Å². The molecule has 0 aromatic heterocycles. The van der Waals surface area contributed by atoms with E-state index >= 15 is 0 Å². The van der Waals surface area contributed by atoms with Crippen LogP contribution in [0.15, 0.2) is 0 Å². The number of unbranched alkanes of at least 4 members (excludes halogenated alkanes) is 12. The van der Waals surface area contributed by atoms with Crippen molar-refractivity contribution in [3.63, 3.8) is 0 Å². The molecule has 0 heterocycles. The third-order valence-electron chi connectivity index (χ3n) is 5.25. The fourth-order valence-electron chi connectivity index (χ4n) is 3.23. The van der Waals surface area contributed by atoms with Crippen LogP contribution in [-0.4, -0.2) is 71.2 Å². The van der Waals surface area contributed by atoms with Crippen LogP contribution in [-0.2, 0) is 19.0 Å². The molecule has 0 aromatic rings. The molecule has 0 bridgehead atoms. The average Bonchev–Trinajstić information content (AvgIpc) is 2.69. The van der Waals surface area contributed by atoms with E-state index in [9.17, 15) is 4.79 Å². The Balaban J connectivity index is 0. The molecule has 0 amide bonds. The van der Waals surface area contributed by atoms with E-state index in [4.69, 9.17) is 14.2 Å². The van der Waals surface area contributed by atoms with Crippen molar-refractivity contribution in [2.75, 3.05) is 60.7 Å². The molecule has 0 fully saturated rings. The molecule has 0 aliphatic rings. The molecule has 6 heteroatoms. The largest absolute Gasteiger partial charge is 1.00 e. The van der Waals surface area contributed by atoms with Crippen LogP contribution in [0.25, 0.3) is 0 Å². The molecule has 5 nitrogen and oxygen atoms in total. The zero-order valence-corrected chi connectivity index (χ0v) is 21.9. The summed E-state index contributed by atoms with van der Waals surface area (Å²) in [4.78, 5) is 11.7. The van der Waals surface area contributed by atoms with Gasteiger partial charge in [-0.1, -0.05) is 84.0 Å². The smallest absolute Gasteiger partial charge is 0.305 e. The lowest BCUT2D eigenvalue weighted by Crippen LogP contribution is -3.00. The van der Waals surface area contributed by atoms with Crippen molar-refractivity contribution in [2.24, 2.45) is 0 Å². The minimum atomic E-state index is -0.0964. The minimum absolute atomic E-state index is 0. The standard InChI is InChI=1S/C25H52NO4.ClH/c1-5-6-7-8-9-10-11-12-13-14-15-16-17-18-25(27)30-24-23-29-22-21-28-20-19-26(2,3)4;/h5-24H2,1-4H3;1H/q+1;/p-1. The summed E-state index contributed by atoms with van der Waals surface area (Å²) in [7, 11) is 6.44. The second-order valence-corrected chi connectivity index (χ2v) is 9.45. The number of halogens is 1. The summed E-state index contributed by atoms with van der Waals surface area (Å²) < 4.78 is 17.1. The van der Waals surface area contributed by atoms with Crippen LogP contribution in [0.3, 0.4) is 0 Å². The van der Waals surface area contributed by atoms with Gasteiger partial charge in [-0.25, -0.2) is 0 Å². The first-order valence-corrected chi connectivity index (χ1v) is 12.6. The van der Waals surface area contributed by atoms with Gasteiger partial charge < -0.3 is 31.1 Å². The first-order chi connectivity index (χ1) is 14.5. The molecule has 31 heavy (non-hydrogen) atoms. The van der Waals surface area contributed by atoms with Gasteiger partial charge in [0.15, 0.2) is 0 Å². The quantitative estimate of drug-likeness (QED) is 0.132. The van der Waals surface area contributed by atoms with E-state index in [-0.39, 0.29) is 18.4 Å². The van der Waals surface area contributed by atoms with Crippen LogP contribution in [0.5, 0.6) is 0 Å². The normalized spacial score (nSPS) is 11.4. The van der Waals surface area contributed by atoms with Crippen molar-refractivity contribution in [2.45, 2.75) is 96.8 Å². The number of hydrogen-bond donors (Lipinski definition) is 0. The van der Waals surface area contributed by atoms with Crippen molar-refractivity contribution in [3.05, 3.63) is 0 Å². The second-order valence-electron chi connectivity index (χ2n) is 9.45. The van der Waals surface area contributed by atoms with Gasteiger partial charge in [0.05, 0.1) is 47.6 Å². The number of rotatable bonds is 23. The van der Waals surface area contributed by atoms with Crippen LogP contribution in [0.1, 0.15) is 96.8 Å². The Morgan fingerprint density at radius 1 is 0.613 bits per heavy atom. The molecule has 0 aliphatic heterocycles. The minimum Gasteiger partial charge on any atom is -1.00 e. The summed E-state index contributed by atoms with van der Waals surface area (Å²) in [6.07, 6.45) is 17.6. The lowest BCUT2D eigenvalue weighted by atomic mass is 10.0. The maximum Gasteiger partial charge on any atom is 0.305 e.